The molecule has 1 aliphatic heterocycles. The molecule has 1 N–H and O–H groups in total. The molecule has 0 aromatic carbocycles. The van der Waals surface area contributed by atoms with Crippen LogP contribution in [-0.2, 0) is 0 Å². The molecule has 0 saturated carbocycles. The van der Waals surface area contributed by atoms with E-state index in [1.54, 1.807) is 0 Å². The minimum absolute atomic E-state index is 0.267. The van der Waals surface area contributed by atoms with Crippen LogP contribution in [0.2, 0.25) is 0 Å². The molecule has 1 fully saturated rings. The molecule has 0 spiro atoms. The maximum Gasteiger partial charge on any atom is 0.0243 e. The van der Waals surface area contributed by atoms with Crippen molar-refractivity contribution in [1.29, 1.82) is 0 Å². The summed E-state index contributed by atoms with van der Waals surface area (Å²) in [6.45, 7) is 13.0. The zero-order valence-corrected chi connectivity index (χ0v) is 12.6. The van der Waals surface area contributed by atoms with Gasteiger partial charge in [-0.1, -0.05) is 0 Å². The Kier molecular flexibility index (Phi) is 5.42. The third kappa shape index (κ3) is 4.23. The van der Waals surface area contributed by atoms with Crippen LogP contribution < -0.4 is 5.32 Å². The first-order valence-corrected chi connectivity index (χ1v) is 6.98. The van der Waals surface area contributed by atoms with E-state index in [1.807, 2.05) is 7.05 Å². The zero-order chi connectivity index (χ0) is 13.1. The second-order valence-corrected chi connectivity index (χ2v) is 6.52. The fraction of sp³-hybridized carbons (Fsp3) is 1.00. The molecule has 0 radical (unpaired) electrons. The Morgan fingerprint density at radius 1 is 1.29 bits per heavy atom. The van der Waals surface area contributed by atoms with E-state index >= 15 is 0 Å². The van der Waals surface area contributed by atoms with Gasteiger partial charge in [0.25, 0.3) is 0 Å². The van der Waals surface area contributed by atoms with Gasteiger partial charge >= 0.3 is 0 Å². The van der Waals surface area contributed by atoms with E-state index in [0.29, 0.717) is 12.1 Å². The van der Waals surface area contributed by atoms with Crippen LogP contribution in [0.15, 0.2) is 0 Å². The van der Waals surface area contributed by atoms with Gasteiger partial charge in [0.2, 0.25) is 0 Å². The highest BCUT2D eigenvalue weighted by atomic mass is 15.3. The van der Waals surface area contributed by atoms with Crippen LogP contribution >= 0.6 is 0 Å². The Bertz CT molecular complexity index is 222. The van der Waals surface area contributed by atoms with E-state index < -0.39 is 0 Å². The van der Waals surface area contributed by atoms with E-state index in [9.17, 15) is 0 Å². The van der Waals surface area contributed by atoms with E-state index in [-0.39, 0.29) is 5.54 Å². The lowest BCUT2D eigenvalue weighted by Crippen LogP contribution is -2.54. The number of hydrogen-bond donors (Lipinski definition) is 1. The number of nitrogens with one attached hydrogen (secondary N) is 1. The van der Waals surface area contributed by atoms with Gasteiger partial charge in [-0.15, -0.1) is 0 Å². The monoisotopic (exact) mass is 241 g/mol. The first-order valence-electron chi connectivity index (χ1n) is 6.98. The molecule has 1 aliphatic rings. The fourth-order valence-electron chi connectivity index (χ4n) is 3.20. The quantitative estimate of drug-likeness (QED) is 0.813. The van der Waals surface area contributed by atoms with Crippen LogP contribution in [0.1, 0.15) is 40.5 Å². The van der Waals surface area contributed by atoms with Crippen molar-refractivity contribution in [2.45, 2.75) is 58.2 Å². The van der Waals surface area contributed by atoms with Crippen molar-refractivity contribution in [2.75, 3.05) is 33.7 Å². The Morgan fingerprint density at radius 2 is 1.94 bits per heavy atom. The molecular weight excluding hydrogens is 210 g/mol. The van der Waals surface area contributed by atoms with Gasteiger partial charge in [0.15, 0.2) is 0 Å². The zero-order valence-electron chi connectivity index (χ0n) is 12.6. The molecule has 1 saturated heterocycles. The third-order valence-electron chi connectivity index (χ3n) is 3.82. The molecule has 0 aromatic rings. The van der Waals surface area contributed by atoms with Crippen LogP contribution in [0.3, 0.4) is 0 Å². The summed E-state index contributed by atoms with van der Waals surface area (Å²) in [6.07, 6.45) is 2.52. The van der Waals surface area contributed by atoms with Crippen molar-refractivity contribution in [3.8, 4) is 0 Å². The van der Waals surface area contributed by atoms with Crippen LogP contribution in [0.5, 0.6) is 0 Å². The molecule has 3 nitrogen and oxygen atoms in total. The number of hydrogen-bond acceptors (Lipinski definition) is 3. The van der Waals surface area contributed by atoms with Gasteiger partial charge in [-0.3, -0.25) is 4.90 Å². The summed E-state index contributed by atoms with van der Waals surface area (Å²) in [5.74, 6) is 0. The fourth-order valence-corrected chi connectivity index (χ4v) is 3.20. The molecule has 17 heavy (non-hydrogen) atoms. The van der Waals surface area contributed by atoms with Gasteiger partial charge in [-0.2, -0.15) is 0 Å². The van der Waals surface area contributed by atoms with E-state index in [0.717, 1.165) is 6.54 Å². The van der Waals surface area contributed by atoms with Crippen molar-refractivity contribution in [2.24, 2.45) is 0 Å². The predicted molar refractivity (Wildman–Crippen MR) is 75.5 cm³/mol. The molecule has 0 aliphatic carbocycles. The number of rotatable bonds is 3. The summed E-state index contributed by atoms with van der Waals surface area (Å²) in [5.41, 5.74) is 0.267. The predicted octanol–water partition coefficient (Wildman–Crippen LogP) is 1.79. The summed E-state index contributed by atoms with van der Waals surface area (Å²) in [7, 11) is 4.30. The standard InChI is InChI=1S/C14H31N3/c1-12-8-10-16(6)11-13(7-9-15-5)17(12)14(2,3)4/h12-13,15H,7-11H2,1-6H3. The van der Waals surface area contributed by atoms with E-state index in [1.165, 1.54) is 25.9 Å². The van der Waals surface area contributed by atoms with Gasteiger partial charge in [-0.05, 0) is 67.7 Å². The largest absolute Gasteiger partial charge is 0.320 e. The van der Waals surface area contributed by atoms with Gasteiger partial charge in [0.05, 0.1) is 0 Å². The summed E-state index contributed by atoms with van der Waals surface area (Å²) in [6, 6.07) is 1.35. The molecule has 0 aromatic heterocycles. The molecule has 2 unspecified atom stereocenters. The van der Waals surface area contributed by atoms with Crippen LogP contribution in [0, 0.1) is 0 Å². The van der Waals surface area contributed by atoms with Crippen LogP contribution in [0.4, 0.5) is 0 Å². The summed E-state index contributed by atoms with van der Waals surface area (Å²) in [4.78, 5) is 5.22. The SMILES string of the molecule is CNCCC1CN(C)CCC(C)N1C(C)(C)C. The van der Waals surface area contributed by atoms with E-state index in [4.69, 9.17) is 0 Å². The highest BCUT2D eigenvalue weighted by Crippen LogP contribution is 2.26. The van der Waals surface area contributed by atoms with Gasteiger partial charge in [0, 0.05) is 24.2 Å². The minimum Gasteiger partial charge on any atom is -0.320 e. The molecule has 0 amide bonds. The molecular formula is C14H31N3. The summed E-state index contributed by atoms with van der Waals surface area (Å²) >= 11 is 0. The van der Waals surface area contributed by atoms with Gasteiger partial charge < -0.3 is 10.2 Å². The second kappa shape index (κ2) is 6.17. The van der Waals surface area contributed by atoms with Crippen molar-refractivity contribution in [1.82, 2.24) is 15.1 Å². The highest BCUT2D eigenvalue weighted by molar-refractivity contribution is 4.91. The Morgan fingerprint density at radius 3 is 2.47 bits per heavy atom. The summed E-state index contributed by atoms with van der Waals surface area (Å²) in [5, 5.41) is 3.29. The average molecular weight is 241 g/mol. The maximum atomic E-state index is 3.29. The third-order valence-corrected chi connectivity index (χ3v) is 3.82. The second-order valence-electron chi connectivity index (χ2n) is 6.52. The smallest absolute Gasteiger partial charge is 0.0243 e. The number of likely N-dealkylation sites (N-methyl/N-ethyl adjacent to an activating group) is 1. The lowest BCUT2D eigenvalue weighted by atomic mass is 9.97. The van der Waals surface area contributed by atoms with Crippen LogP contribution in [0.25, 0.3) is 0 Å². The van der Waals surface area contributed by atoms with Crippen molar-refractivity contribution in [3.63, 3.8) is 0 Å². The van der Waals surface area contributed by atoms with Crippen molar-refractivity contribution >= 4 is 0 Å². The van der Waals surface area contributed by atoms with Crippen molar-refractivity contribution < 1.29 is 0 Å². The average Bonchev–Trinajstić information content (AvgIpc) is 2.34. The topological polar surface area (TPSA) is 18.5 Å². The maximum absolute atomic E-state index is 3.29. The molecule has 102 valence electrons. The molecule has 3 heteroatoms. The Labute approximate surface area is 108 Å². The normalized spacial score (nSPS) is 29.3. The van der Waals surface area contributed by atoms with Crippen LogP contribution in [-0.4, -0.2) is 61.2 Å². The van der Waals surface area contributed by atoms with Crippen molar-refractivity contribution in [3.05, 3.63) is 0 Å². The Balaban J connectivity index is 2.81. The molecule has 2 atom stereocenters. The summed E-state index contributed by atoms with van der Waals surface area (Å²) < 4.78 is 0. The lowest BCUT2D eigenvalue weighted by molar-refractivity contribution is 0.0406. The minimum atomic E-state index is 0.267. The lowest BCUT2D eigenvalue weighted by Gasteiger charge is -2.44. The first kappa shape index (κ1) is 14.9. The van der Waals surface area contributed by atoms with Gasteiger partial charge in [-0.25, -0.2) is 0 Å². The number of nitrogens with zero attached hydrogens (tertiary/aromatic N) is 2. The molecule has 1 rings (SSSR count). The Hall–Kier alpha value is -0.120. The molecule has 0 bridgehead atoms. The molecule has 1 heterocycles. The highest BCUT2D eigenvalue weighted by Gasteiger charge is 2.34. The first-order chi connectivity index (χ1) is 7.86. The van der Waals surface area contributed by atoms with E-state index in [2.05, 4.69) is 49.9 Å². The van der Waals surface area contributed by atoms with Gasteiger partial charge in [0.1, 0.15) is 0 Å².